The van der Waals surface area contributed by atoms with Gasteiger partial charge in [0.1, 0.15) is 0 Å². The molecule has 1 unspecified atom stereocenters. The van der Waals surface area contributed by atoms with E-state index in [-0.39, 0.29) is 5.57 Å². The van der Waals surface area contributed by atoms with Crippen LogP contribution in [0.4, 0.5) is 0 Å². The first-order valence-corrected chi connectivity index (χ1v) is 11.4. The predicted octanol–water partition coefficient (Wildman–Crippen LogP) is 1.24. The number of quaternary nitrogens is 1. The van der Waals surface area contributed by atoms with Gasteiger partial charge in [-0.3, -0.25) is 9.59 Å². The Morgan fingerprint density at radius 3 is 2.30 bits per heavy atom. The lowest BCUT2D eigenvalue weighted by Gasteiger charge is -2.28. The number of ketones is 1. The number of amides is 1. The van der Waals surface area contributed by atoms with Gasteiger partial charge in [0, 0.05) is 18.5 Å². The highest BCUT2D eigenvalue weighted by atomic mass is 16.5. The largest absolute Gasteiger partial charge is 0.872 e. The highest BCUT2D eigenvalue weighted by molar-refractivity contribution is 6.46. The van der Waals surface area contributed by atoms with Crippen molar-refractivity contribution in [2.45, 2.75) is 26.3 Å². The molecule has 0 aromatic heterocycles. The Hall–Kier alpha value is -3.32. The molecule has 1 N–H and O–H groups in total. The van der Waals surface area contributed by atoms with Crippen LogP contribution in [0.25, 0.3) is 5.76 Å². The highest BCUT2D eigenvalue weighted by Crippen LogP contribution is 2.41. The third-order valence-corrected chi connectivity index (χ3v) is 5.52. The van der Waals surface area contributed by atoms with Crippen LogP contribution in [0.15, 0.2) is 54.1 Å². The van der Waals surface area contributed by atoms with Crippen LogP contribution < -0.4 is 19.5 Å². The average Bonchev–Trinajstić information content (AvgIpc) is 3.05. The number of ether oxygens (including phenoxy) is 2. The molecule has 33 heavy (non-hydrogen) atoms. The molecular weight excluding hydrogens is 420 g/mol. The maximum atomic E-state index is 13.4. The quantitative estimate of drug-likeness (QED) is 0.333. The van der Waals surface area contributed by atoms with Gasteiger partial charge in [-0.2, -0.15) is 0 Å². The van der Waals surface area contributed by atoms with Gasteiger partial charge in [-0.1, -0.05) is 42.2 Å². The minimum Gasteiger partial charge on any atom is -0.872 e. The van der Waals surface area contributed by atoms with Crippen LogP contribution in [-0.4, -0.2) is 57.0 Å². The van der Waals surface area contributed by atoms with E-state index in [4.69, 9.17) is 9.47 Å². The summed E-state index contributed by atoms with van der Waals surface area (Å²) in [6, 6.07) is 13.2. The molecule has 0 aliphatic carbocycles. The van der Waals surface area contributed by atoms with E-state index in [2.05, 4.69) is 0 Å². The van der Waals surface area contributed by atoms with Gasteiger partial charge in [0.25, 0.3) is 5.91 Å². The molecule has 7 heteroatoms. The molecule has 0 bridgehead atoms. The fourth-order valence-electron chi connectivity index (χ4n) is 4.03. The van der Waals surface area contributed by atoms with Gasteiger partial charge in [0.2, 0.25) is 5.78 Å². The van der Waals surface area contributed by atoms with Crippen LogP contribution in [0.2, 0.25) is 0 Å². The molecule has 1 aliphatic heterocycles. The Labute approximate surface area is 195 Å². The van der Waals surface area contributed by atoms with E-state index in [1.54, 1.807) is 48.5 Å². The third kappa shape index (κ3) is 5.37. The molecule has 7 nitrogen and oxygen atoms in total. The number of likely N-dealkylation sites (tertiary alicyclic amines) is 1. The molecule has 1 amide bonds. The van der Waals surface area contributed by atoms with Crippen LogP contribution in [0, 0.1) is 0 Å². The molecule has 1 fully saturated rings. The molecule has 2 aromatic carbocycles. The lowest BCUT2D eigenvalue weighted by Crippen LogP contribution is -3.05. The van der Waals surface area contributed by atoms with E-state index in [1.165, 1.54) is 9.80 Å². The second kappa shape index (κ2) is 11.0. The van der Waals surface area contributed by atoms with Gasteiger partial charge in [-0.15, -0.1) is 0 Å². The first-order valence-electron chi connectivity index (χ1n) is 11.4. The number of Topliss-reactive ketones (excluding diaryl/α,β-unsaturated/α-hetero) is 1. The van der Waals surface area contributed by atoms with Crippen molar-refractivity contribution < 1.29 is 29.1 Å². The summed E-state index contributed by atoms with van der Waals surface area (Å²) in [6.07, 6.45) is 0.708. The Balaban J connectivity index is 2.12. The summed E-state index contributed by atoms with van der Waals surface area (Å²) < 4.78 is 11.4. The fraction of sp³-hybridized carbons (Fsp3) is 0.385. The summed E-state index contributed by atoms with van der Waals surface area (Å²) >= 11 is 0. The topological polar surface area (TPSA) is 83.3 Å². The van der Waals surface area contributed by atoms with E-state index < -0.39 is 23.5 Å². The minimum atomic E-state index is -0.773. The number of hydrogen-bond donors (Lipinski definition) is 1. The molecule has 2 aromatic rings. The number of nitrogens with one attached hydrogen (secondary N) is 1. The van der Waals surface area contributed by atoms with Gasteiger partial charge in [0.05, 0.1) is 39.9 Å². The van der Waals surface area contributed by atoms with Crippen LogP contribution >= 0.6 is 0 Å². The zero-order valence-electron chi connectivity index (χ0n) is 19.7. The Morgan fingerprint density at radius 2 is 1.67 bits per heavy atom. The van der Waals surface area contributed by atoms with E-state index in [1.807, 2.05) is 27.9 Å². The van der Waals surface area contributed by atoms with Crippen LogP contribution in [0.5, 0.6) is 11.5 Å². The van der Waals surface area contributed by atoms with E-state index in [9.17, 15) is 14.7 Å². The van der Waals surface area contributed by atoms with E-state index in [0.29, 0.717) is 48.8 Å². The van der Waals surface area contributed by atoms with Crippen molar-refractivity contribution in [1.29, 1.82) is 0 Å². The Kier molecular flexibility index (Phi) is 8.11. The van der Waals surface area contributed by atoms with Gasteiger partial charge < -0.3 is 24.4 Å². The number of carbonyl (C=O) groups excluding carboxylic acids is 2. The molecule has 0 saturated carbocycles. The van der Waals surface area contributed by atoms with Crippen molar-refractivity contribution in [1.82, 2.24) is 4.90 Å². The van der Waals surface area contributed by atoms with Crippen molar-refractivity contribution in [3.05, 3.63) is 65.2 Å². The summed E-state index contributed by atoms with van der Waals surface area (Å²) in [6.45, 7) is 5.88. The summed E-state index contributed by atoms with van der Waals surface area (Å²) in [7, 11) is 4.07. The molecule has 1 aliphatic rings. The van der Waals surface area contributed by atoms with Crippen LogP contribution in [0.1, 0.15) is 37.4 Å². The number of rotatable bonds is 10. The van der Waals surface area contributed by atoms with Crippen LogP contribution in [-0.2, 0) is 9.59 Å². The first kappa shape index (κ1) is 24.3. The lowest BCUT2D eigenvalue weighted by molar-refractivity contribution is -0.858. The molecule has 1 saturated heterocycles. The maximum absolute atomic E-state index is 13.4. The van der Waals surface area contributed by atoms with Gasteiger partial charge in [-0.25, -0.2) is 0 Å². The normalized spacial score (nSPS) is 17.6. The SMILES string of the molecule is CCOc1ccc(C2C(=C([O-])c3ccccc3)C(=O)C(=O)N2CCC[NH+](C)C)cc1OCC. The summed E-state index contributed by atoms with van der Waals surface area (Å²) in [4.78, 5) is 28.9. The zero-order valence-corrected chi connectivity index (χ0v) is 19.7. The summed E-state index contributed by atoms with van der Waals surface area (Å²) in [5.41, 5.74) is 1.02. The summed E-state index contributed by atoms with van der Waals surface area (Å²) in [5, 5.41) is 13.4. The number of carbonyl (C=O) groups is 2. The fourth-order valence-corrected chi connectivity index (χ4v) is 4.03. The van der Waals surface area contributed by atoms with E-state index in [0.717, 1.165) is 6.54 Å². The van der Waals surface area contributed by atoms with Crippen molar-refractivity contribution in [2.75, 3.05) is 40.4 Å². The third-order valence-electron chi connectivity index (χ3n) is 5.52. The predicted molar refractivity (Wildman–Crippen MR) is 124 cm³/mol. The minimum absolute atomic E-state index is 0.0185. The second-order valence-electron chi connectivity index (χ2n) is 8.22. The molecular formula is C26H32N2O5. The molecule has 3 rings (SSSR count). The smallest absolute Gasteiger partial charge is 0.295 e. The first-order chi connectivity index (χ1) is 15.9. The van der Waals surface area contributed by atoms with E-state index >= 15 is 0 Å². The average molecular weight is 453 g/mol. The Bertz CT molecular complexity index is 1020. The van der Waals surface area contributed by atoms with Gasteiger partial charge in [-0.05, 0) is 37.1 Å². The van der Waals surface area contributed by atoms with Gasteiger partial charge in [0.15, 0.2) is 11.5 Å². The number of benzene rings is 2. The van der Waals surface area contributed by atoms with Crippen molar-refractivity contribution in [3.8, 4) is 11.5 Å². The lowest BCUT2D eigenvalue weighted by atomic mass is 9.95. The molecule has 176 valence electrons. The standard InChI is InChI=1S/C26H32N2O5/c1-5-32-20-14-13-19(17-21(20)33-6-2)23-22(24(29)18-11-8-7-9-12-18)25(30)26(31)28(23)16-10-15-27(3)4/h7-9,11-14,17,23,29H,5-6,10,15-16H2,1-4H3. The number of hydrogen-bond acceptors (Lipinski definition) is 5. The Morgan fingerprint density at radius 1 is 1.00 bits per heavy atom. The second-order valence-corrected chi connectivity index (χ2v) is 8.22. The molecule has 0 radical (unpaired) electrons. The highest BCUT2D eigenvalue weighted by Gasteiger charge is 2.44. The zero-order chi connectivity index (χ0) is 24.0. The monoisotopic (exact) mass is 452 g/mol. The molecule has 1 atom stereocenters. The van der Waals surface area contributed by atoms with Crippen molar-refractivity contribution in [3.63, 3.8) is 0 Å². The maximum Gasteiger partial charge on any atom is 0.295 e. The molecule has 1 heterocycles. The van der Waals surface area contributed by atoms with Gasteiger partial charge >= 0.3 is 0 Å². The number of nitrogens with zero attached hydrogens (tertiary/aromatic N) is 1. The van der Waals surface area contributed by atoms with Crippen LogP contribution in [0.3, 0.4) is 0 Å². The van der Waals surface area contributed by atoms with Crippen molar-refractivity contribution in [2.24, 2.45) is 0 Å². The van der Waals surface area contributed by atoms with Crippen molar-refractivity contribution >= 4 is 17.4 Å². The molecule has 0 spiro atoms. The summed E-state index contributed by atoms with van der Waals surface area (Å²) in [5.74, 6) is -0.699.